The molecule has 150 valence electrons. The van der Waals surface area contributed by atoms with Crippen LogP contribution in [0.3, 0.4) is 0 Å². The second-order valence-electron chi connectivity index (χ2n) is 7.38. The molecule has 30 heavy (non-hydrogen) atoms. The van der Waals surface area contributed by atoms with Gasteiger partial charge in [-0.25, -0.2) is 0 Å². The van der Waals surface area contributed by atoms with E-state index in [-0.39, 0.29) is 17.6 Å². The summed E-state index contributed by atoms with van der Waals surface area (Å²) in [7, 11) is 0. The minimum atomic E-state index is -0.429. The predicted molar refractivity (Wildman–Crippen MR) is 117 cm³/mol. The molecule has 1 aliphatic rings. The Balaban J connectivity index is 1.72. The molecule has 6 nitrogen and oxygen atoms in total. The third kappa shape index (κ3) is 3.80. The number of non-ortho nitro benzene ring substituents is 1. The van der Waals surface area contributed by atoms with Crippen LogP contribution in [0.1, 0.15) is 22.7 Å². The van der Waals surface area contributed by atoms with Gasteiger partial charge in [0.05, 0.1) is 11.0 Å². The van der Waals surface area contributed by atoms with E-state index in [0.717, 1.165) is 28.1 Å². The van der Waals surface area contributed by atoms with Crippen molar-refractivity contribution in [2.24, 2.45) is 0 Å². The van der Waals surface area contributed by atoms with E-state index in [0.29, 0.717) is 5.70 Å². The van der Waals surface area contributed by atoms with E-state index in [1.165, 1.54) is 12.1 Å². The van der Waals surface area contributed by atoms with Crippen LogP contribution in [0.5, 0.6) is 0 Å². The van der Waals surface area contributed by atoms with E-state index in [1.54, 1.807) is 17.0 Å². The van der Waals surface area contributed by atoms with Crippen molar-refractivity contribution in [3.8, 4) is 0 Å². The number of benzene rings is 3. The van der Waals surface area contributed by atoms with Crippen molar-refractivity contribution in [2.45, 2.75) is 19.9 Å². The summed E-state index contributed by atoms with van der Waals surface area (Å²) in [6, 6.07) is 21.5. The molecule has 0 aliphatic carbocycles. The number of nitro benzene ring substituents is 1. The van der Waals surface area contributed by atoms with E-state index in [4.69, 9.17) is 0 Å². The van der Waals surface area contributed by atoms with Gasteiger partial charge in [0.2, 0.25) is 0 Å². The monoisotopic (exact) mass is 399 g/mol. The molecule has 0 fully saturated rings. The summed E-state index contributed by atoms with van der Waals surface area (Å²) in [4.78, 5) is 25.6. The molecule has 0 unspecified atom stereocenters. The van der Waals surface area contributed by atoms with Gasteiger partial charge in [-0.3, -0.25) is 19.8 Å². The lowest BCUT2D eigenvalue weighted by Gasteiger charge is -2.25. The molecule has 1 heterocycles. The maximum absolute atomic E-state index is 13.3. The maximum Gasteiger partial charge on any atom is 0.275 e. The molecule has 6 heteroatoms. The molecule has 0 radical (unpaired) electrons. The van der Waals surface area contributed by atoms with Gasteiger partial charge in [-0.2, -0.15) is 0 Å². The zero-order valence-electron chi connectivity index (χ0n) is 16.7. The van der Waals surface area contributed by atoms with Crippen molar-refractivity contribution >= 4 is 23.0 Å². The Morgan fingerprint density at radius 2 is 1.43 bits per heavy atom. The van der Waals surface area contributed by atoms with Crippen LogP contribution in [0.4, 0.5) is 17.1 Å². The first-order chi connectivity index (χ1) is 14.4. The van der Waals surface area contributed by atoms with E-state index < -0.39 is 4.92 Å². The van der Waals surface area contributed by atoms with Crippen molar-refractivity contribution in [2.75, 3.05) is 10.2 Å². The molecule has 0 aromatic heterocycles. The summed E-state index contributed by atoms with van der Waals surface area (Å²) in [5, 5.41) is 14.2. The highest BCUT2D eigenvalue weighted by molar-refractivity contribution is 6.11. The Morgan fingerprint density at radius 3 is 2.00 bits per heavy atom. The summed E-state index contributed by atoms with van der Waals surface area (Å²) < 4.78 is 0. The number of hydrogen-bond donors (Lipinski definition) is 1. The van der Waals surface area contributed by atoms with Gasteiger partial charge in [0.1, 0.15) is 5.70 Å². The van der Waals surface area contributed by atoms with Gasteiger partial charge in [0, 0.05) is 23.5 Å². The normalized spacial score (nSPS) is 15.8. The fourth-order valence-electron chi connectivity index (χ4n) is 3.47. The van der Waals surface area contributed by atoms with Crippen LogP contribution in [0.2, 0.25) is 0 Å². The first-order valence-corrected chi connectivity index (χ1v) is 9.62. The summed E-state index contributed by atoms with van der Waals surface area (Å²) in [6.07, 6.45) is 1.86. The van der Waals surface area contributed by atoms with Crippen LogP contribution in [0.25, 0.3) is 0 Å². The van der Waals surface area contributed by atoms with Crippen LogP contribution in [0.15, 0.2) is 84.6 Å². The number of amides is 1. The average molecular weight is 399 g/mol. The topological polar surface area (TPSA) is 75.5 Å². The number of rotatable bonds is 5. The summed E-state index contributed by atoms with van der Waals surface area (Å²) in [5.41, 5.74) is 5.13. The highest BCUT2D eigenvalue weighted by Gasteiger charge is 2.35. The molecule has 0 bridgehead atoms. The molecular weight excluding hydrogens is 378 g/mol. The van der Waals surface area contributed by atoms with Crippen molar-refractivity contribution in [1.29, 1.82) is 0 Å². The number of nitrogens with one attached hydrogen (secondary N) is 1. The summed E-state index contributed by atoms with van der Waals surface area (Å²) in [6.45, 7) is 4.00. The SMILES string of the molecule is Cc1ccc(NC2=C[C@H](c3ccc([N+](=O)[O-])cc3)N(c3ccc(C)cc3)C2=O)cc1. The highest BCUT2D eigenvalue weighted by Crippen LogP contribution is 2.36. The average Bonchev–Trinajstić information content (AvgIpc) is 3.06. The number of hydrogen-bond acceptors (Lipinski definition) is 4. The van der Waals surface area contributed by atoms with Crippen molar-refractivity contribution < 1.29 is 9.72 Å². The zero-order chi connectivity index (χ0) is 21.3. The molecule has 1 aliphatic heterocycles. The highest BCUT2D eigenvalue weighted by atomic mass is 16.6. The number of nitrogens with zero attached hydrogens (tertiary/aromatic N) is 2. The van der Waals surface area contributed by atoms with Crippen molar-refractivity contribution in [3.05, 3.63) is 111 Å². The lowest BCUT2D eigenvalue weighted by molar-refractivity contribution is -0.384. The molecule has 0 spiro atoms. The number of carbonyl (C=O) groups excluding carboxylic acids is 1. The van der Waals surface area contributed by atoms with E-state index in [2.05, 4.69) is 5.32 Å². The number of anilines is 2. The Labute approximate surface area is 174 Å². The van der Waals surface area contributed by atoms with Crippen molar-refractivity contribution in [1.82, 2.24) is 0 Å². The lowest BCUT2D eigenvalue weighted by Crippen LogP contribution is -2.30. The fraction of sp³-hybridized carbons (Fsp3) is 0.125. The van der Waals surface area contributed by atoms with Crippen LogP contribution < -0.4 is 10.2 Å². The first-order valence-electron chi connectivity index (χ1n) is 9.62. The quantitative estimate of drug-likeness (QED) is 0.467. The van der Waals surface area contributed by atoms with E-state index >= 15 is 0 Å². The minimum Gasteiger partial charge on any atom is -0.351 e. The van der Waals surface area contributed by atoms with Gasteiger partial charge in [0.25, 0.3) is 11.6 Å². The molecule has 1 atom stereocenters. The van der Waals surface area contributed by atoms with Crippen LogP contribution in [-0.2, 0) is 4.79 Å². The van der Waals surface area contributed by atoms with Crippen molar-refractivity contribution in [3.63, 3.8) is 0 Å². The van der Waals surface area contributed by atoms with E-state index in [1.807, 2.05) is 68.5 Å². The zero-order valence-corrected chi connectivity index (χ0v) is 16.7. The number of aryl methyl sites for hydroxylation is 2. The van der Waals surface area contributed by atoms with Gasteiger partial charge in [-0.05, 0) is 61.9 Å². The van der Waals surface area contributed by atoms with Gasteiger partial charge in [-0.1, -0.05) is 35.4 Å². The standard InChI is InChI=1S/C24H21N3O3/c1-16-3-9-19(10-4-16)25-22-15-23(18-7-13-21(14-8-18)27(29)30)26(24(22)28)20-11-5-17(2)6-12-20/h3-15,23,25H,1-2H3/t23-/m1/s1. The smallest absolute Gasteiger partial charge is 0.275 e. The predicted octanol–water partition coefficient (Wildman–Crippen LogP) is 5.30. The lowest BCUT2D eigenvalue weighted by atomic mass is 10.1. The maximum atomic E-state index is 13.3. The van der Waals surface area contributed by atoms with Gasteiger partial charge in [-0.15, -0.1) is 0 Å². The van der Waals surface area contributed by atoms with Gasteiger partial charge < -0.3 is 5.32 Å². The van der Waals surface area contributed by atoms with Crippen LogP contribution in [-0.4, -0.2) is 10.8 Å². The molecule has 3 aromatic rings. The minimum absolute atomic E-state index is 0.0203. The van der Waals surface area contributed by atoms with E-state index in [9.17, 15) is 14.9 Å². The molecule has 1 amide bonds. The third-order valence-electron chi connectivity index (χ3n) is 5.14. The fourth-order valence-corrected chi connectivity index (χ4v) is 3.47. The summed E-state index contributed by atoms with van der Waals surface area (Å²) in [5.74, 6) is -0.150. The van der Waals surface area contributed by atoms with Gasteiger partial charge in [0.15, 0.2) is 0 Å². The Bertz CT molecular complexity index is 1120. The summed E-state index contributed by atoms with van der Waals surface area (Å²) >= 11 is 0. The molecule has 4 rings (SSSR count). The van der Waals surface area contributed by atoms with Crippen LogP contribution >= 0.6 is 0 Å². The molecule has 1 N–H and O–H groups in total. The molecule has 3 aromatic carbocycles. The second-order valence-corrected chi connectivity index (χ2v) is 7.38. The van der Waals surface area contributed by atoms with Gasteiger partial charge >= 0.3 is 0 Å². The molecule has 0 saturated heterocycles. The first kappa shape index (κ1) is 19.4. The number of nitro groups is 1. The Morgan fingerprint density at radius 1 is 0.867 bits per heavy atom. The Kier molecular flexibility index (Phi) is 5.06. The largest absolute Gasteiger partial charge is 0.351 e. The third-order valence-corrected chi connectivity index (χ3v) is 5.14. The molecule has 0 saturated carbocycles. The number of carbonyl (C=O) groups is 1. The second kappa shape index (κ2) is 7.83. The Hall–Kier alpha value is -3.93. The molecular formula is C24H21N3O3. The van der Waals surface area contributed by atoms with Crippen LogP contribution in [0, 0.1) is 24.0 Å².